The molecule has 0 bridgehead atoms. The van der Waals surface area contributed by atoms with Gasteiger partial charge in [0.2, 0.25) is 0 Å². The van der Waals surface area contributed by atoms with E-state index >= 15 is 0 Å². The number of hydrogen-bond donors (Lipinski definition) is 0. The highest BCUT2D eigenvalue weighted by Gasteiger charge is 2.00. The van der Waals surface area contributed by atoms with Crippen LogP contribution in [-0.4, -0.2) is 6.61 Å². The van der Waals surface area contributed by atoms with Crippen LogP contribution in [0.5, 0.6) is 11.5 Å². The molecule has 0 spiro atoms. The van der Waals surface area contributed by atoms with E-state index in [0.717, 1.165) is 0 Å². The second-order valence-electron chi connectivity index (χ2n) is 3.84. The lowest BCUT2D eigenvalue weighted by Gasteiger charge is -2.10. The third kappa shape index (κ3) is 4.51. The predicted octanol–water partition coefficient (Wildman–Crippen LogP) is 4.96. The maximum absolute atomic E-state index is 5.79. The van der Waals surface area contributed by atoms with E-state index in [1.807, 2.05) is 0 Å². The fourth-order valence-corrected chi connectivity index (χ4v) is 1.65. The molecular weight excluding hydrogens is 283 g/mol. The Hall–Kier alpha value is -1.64. The lowest BCUT2D eigenvalue weighted by molar-refractivity contribution is 0.282. The molecule has 0 N–H and O–H groups in total. The van der Waals surface area contributed by atoms with Crippen molar-refractivity contribution in [1.29, 1.82) is 0 Å². The maximum Gasteiger partial charge on any atom is 0.145 e. The molecule has 0 saturated heterocycles. The minimum atomic E-state index is 0.268. The number of hydrogen-bond acceptors (Lipinski definition) is 2. The third-order valence-electron chi connectivity index (χ3n) is 2.29. The molecule has 0 aliphatic heterocycles. The summed E-state index contributed by atoms with van der Waals surface area (Å²) in [6.07, 6.45) is 0. The first-order chi connectivity index (χ1) is 9.13. The summed E-state index contributed by atoms with van der Waals surface area (Å²) in [6, 6.07) is 14.2. The molecule has 0 atom stereocenters. The Labute approximate surface area is 122 Å². The van der Waals surface area contributed by atoms with E-state index in [1.54, 1.807) is 48.5 Å². The molecule has 0 fully saturated rings. The number of halogens is 2. The molecule has 0 amide bonds. The van der Waals surface area contributed by atoms with Gasteiger partial charge in [-0.05, 0) is 48.5 Å². The Morgan fingerprint density at radius 1 is 0.842 bits per heavy atom. The van der Waals surface area contributed by atoms with Crippen LogP contribution in [0.25, 0.3) is 0 Å². The van der Waals surface area contributed by atoms with Crippen molar-refractivity contribution in [2.24, 2.45) is 0 Å². The summed E-state index contributed by atoms with van der Waals surface area (Å²) in [5.41, 5.74) is 0. The first-order valence-electron chi connectivity index (χ1n) is 5.63. The summed E-state index contributed by atoms with van der Waals surface area (Å²) in [7, 11) is 0. The fourth-order valence-electron chi connectivity index (χ4n) is 1.39. The van der Waals surface area contributed by atoms with Gasteiger partial charge >= 0.3 is 0 Å². The van der Waals surface area contributed by atoms with E-state index in [9.17, 15) is 0 Å². The molecule has 0 unspecified atom stereocenters. The standard InChI is InChI=1S/C15H12Cl2O2/c1-11(19-15-8-4-13(17)5-9-15)10-18-14-6-2-12(16)3-7-14/h2-9H,1,10H2. The average molecular weight is 295 g/mol. The van der Waals surface area contributed by atoms with Crippen molar-refractivity contribution in [2.45, 2.75) is 0 Å². The van der Waals surface area contributed by atoms with Crippen LogP contribution in [0.4, 0.5) is 0 Å². The van der Waals surface area contributed by atoms with Crippen LogP contribution >= 0.6 is 23.2 Å². The Kier molecular flexibility index (Phi) is 4.72. The zero-order valence-electron chi connectivity index (χ0n) is 10.1. The zero-order chi connectivity index (χ0) is 13.7. The summed E-state index contributed by atoms with van der Waals surface area (Å²) in [4.78, 5) is 0. The lowest BCUT2D eigenvalue weighted by Crippen LogP contribution is -2.05. The summed E-state index contributed by atoms with van der Waals surface area (Å²) >= 11 is 11.6. The Bertz CT molecular complexity index is 547. The van der Waals surface area contributed by atoms with Crippen LogP contribution in [0.15, 0.2) is 60.9 Å². The molecule has 0 radical (unpaired) electrons. The molecule has 2 aromatic carbocycles. The first-order valence-corrected chi connectivity index (χ1v) is 6.38. The van der Waals surface area contributed by atoms with Crippen LogP contribution in [0.1, 0.15) is 0 Å². The van der Waals surface area contributed by atoms with E-state index < -0.39 is 0 Å². The molecular formula is C15H12Cl2O2. The largest absolute Gasteiger partial charge is 0.486 e. The highest BCUT2D eigenvalue weighted by Crippen LogP contribution is 2.19. The molecule has 19 heavy (non-hydrogen) atoms. The zero-order valence-corrected chi connectivity index (χ0v) is 11.6. The van der Waals surface area contributed by atoms with Crippen molar-refractivity contribution >= 4 is 23.2 Å². The van der Waals surface area contributed by atoms with Gasteiger partial charge in [-0.1, -0.05) is 29.8 Å². The van der Waals surface area contributed by atoms with Gasteiger partial charge in [-0.3, -0.25) is 0 Å². The minimum Gasteiger partial charge on any atom is -0.486 e. The van der Waals surface area contributed by atoms with Crippen LogP contribution in [0.2, 0.25) is 10.0 Å². The number of benzene rings is 2. The van der Waals surface area contributed by atoms with Crippen molar-refractivity contribution in [3.8, 4) is 11.5 Å². The smallest absolute Gasteiger partial charge is 0.145 e. The highest BCUT2D eigenvalue weighted by atomic mass is 35.5. The van der Waals surface area contributed by atoms with Crippen LogP contribution < -0.4 is 9.47 Å². The highest BCUT2D eigenvalue weighted by molar-refractivity contribution is 6.30. The van der Waals surface area contributed by atoms with Gasteiger partial charge in [-0.15, -0.1) is 0 Å². The van der Waals surface area contributed by atoms with Gasteiger partial charge in [-0.2, -0.15) is 0 Å². The van der Waals surface area contributed by atoms with Crippen LogP contribution in [0.3, 0.4) is 0 Å². The van der Waals surface area contributed by atoms with Crippen molar-refractivity contribution in [1.82, 2.24) is 0 Å². The second kappa shape index (κ2) is 6.50. The Morgan fingerprint density at radius 2 is 1.32 bits per heavy atom. The number of ether oxygens (including phenoxy) is 2. The van der Waals surface area contributed by atoms with E-state index in [-0.39, 0.29) is 6.61 Å². The molecule has 0 aliphatic rings. The Balaban J connectivity index is 1.84. The molecule has 2 nitrogen and oxygen atoms in total. The molecule has 2 rings (SSSR count). The topological polar surface area (TPSA) is 18.5 Å². The van der Waals surface area contributed by atoms with Crippen molar-refractivity contribution in [2.75, 3.05) is 6.61 Å². The van der Waals surface area contributed by atoms with E-state index in [0.29, 0.717) is 27.3 Å². The molecule has 0 aliphatic carbocycles. The first kappa shape index (κ1) is 13.8. The van der Waals surface area contributed by atoms with Crippen LogP contribution in [-0.2, 0) is 0 Å². The summed E-state index contributed by atoms with van der Waals surface area (Å²) in [5, 5.41) is 1.33. The summed E-state index contributed by atoms with van der Waals surface area (Å²) in [5.74, 6) is 1.90. The van der Waals surface area contributed by atoms with Crippen LogP contribution in [0, 0.1) is 0 Å². The molecule has 2 aromatic rings. The SMILES string of the molecule is C=C(COc1ccc(Cl)cc1)Oc1ccc(Cl)cc1. The average Bonchev–Trinajstić information content (AvgIpc) is 2.41. The van der Waals surface area contributed by atoms with Gasteiger partial charge in [0.05, 0.1) is 0 Å². The van der Waals surface area contributed by atoms with Gasteiger partial charge in [-0.25, -0.2) is 0 Å². The van der Waals surface area contributed by atoms with E-state index in [4.69, 9.17) is 32.7 Å². The molecule has 0 saturated carbocycles. The summed E-state index contributed by atoms with van der Waals surface area (Å²) < 4.78 is 11.0. The second-order valence-corrected chi connectivity index (χ2v) is 4.71. The maximum atomic E-state index is 5.79. The monoisotopic (exact) mass is 294 g/mol. The van der Waals surface area contributed by atoms with E-state index in [2.05, 4.69) is 6.58 Å². The molecule has 0 heterocycles. The normalized spacial score (nSPS) is 10.0. The van der Waals surface area contributed by atoms with Gasteiger partial charge in [0.1, 0.15) is 23.9 Å². The van der Waals surface area contributed by atoms with Gasteiger partial charge in [0, 0.05) is 10.0 Å². The van der Waals surface area contributed by atoms with Gasteiger partial charge in [0.15, 0.2) is 0 Å². The van der Waals surface area contributed by atoms with Crippen molar-refractivity contribution in [3.05, 3.63) is 70.9 Å². The van der Waals surface area contributed by atoms with E-state index in [1.165, 1.54) is 0 Å². The quantitative estimate of drug-likeness (QED) is 0.725. The van der Waals surface area contributed by atoms with Crippen molar-refractivity contribution in [3.63, 3.8) is 0 Å². The summed E-state index contributed by atoms with van der Waals surface area (Å²) in [6.45, 7) is 4.07. The molecule has 98 valence electrons. The predicted molar refractivity (Wildman–Crippen MR) is 78.2 cm³/mol. The Morgan fingerprint density at radius 3 is 1.84 bits per heavy atom. The fraction of sp³-hybridized carbons (Fsp3) is 0.0667. The molecule has 0 aromatic heterocycles. The number of rotatable bonds is 5. The lowest BCUT2D eigenvalue weighted by atomic mass is 10.3. The third-order valence-corrected chi connectivity index (χ3v) is 2.79. The van der Waals surface area contributed by atoms with Gasteiger partial charge < -0.3 is 9.47 Å². The van der Waals surface area contributed by atoms with Gasteiger partial charge in [0.25, 0.3) is 0 Å². The van der Waals surface area contributed by atoms with Crippen molar-refractivity contribution < 1.29 is 9.47 Å². The minimum absolute atomic E-state index is 0.268. The molecule has 4 heteroatoms.